The van der Waals surface area contributed by atoms with E-state index in [4.69, 9.17) is 5.73 Å². The van der Waals surface area contributed by atoms with Crippen LogP contribution in [-0.2, 0) is 10.0 Å². The molecule has 0 saturated carbocycles. The Morgan fingerprint density at radius 2 is 1.70 bits per heavy atom. The molecule has 0 bridgehead atoms. The highest BCUT2D eigenvalue weighted by molar-refractivity contribution is 9.11. The molecule has 114 valence electrons. The molecule has 0 radical (unpaired) electrons. The second-order valence-corrected chi connectivity index (χ2v) is 7.70. The number of hydrogen-bond acceptors (Lipinski definition) is 5. The molecule has 0 aromatic heterocycles. The maximum Gasteiger partial charge on any atom is 0.243 e. The van der Waals surface area contributed by atoms with Gasteiger partial charge in [-0.1, -0.05) is 6.92 Å². The molecular formula is C11H16Br2N2O4S. The van der Waals surface area contributed by atoms with E-state index in [9.17, 15) is 18.6 Å². The van der Waals surface area contributed by atoms with Gasteiger partial charge < -0.3 is 15.9 Å². The summed E-state index contributed by atoms with van der Waals surface area (Å²) in [5, 5.41) is 18.7. The Balaban J connectivity index is 3.32. The third kappa shape index (κ3) is 3.71. The zero-order chi connectivity index (χ0) is 15.6. The number of benzene rings is 1. The summed E-state index contributed by atoms with van der Waals surface area (Å²) in [6.07, 6.45) is 0.240. The molecule has 0 fully saturated rings. The smallest absolute Gasteiger partial charge is 0.243 e. The Bertz CT molecular complexity index is 557. The molecule has 5 N–H and O–H groups in total. The van der Waals surface area contributed by atoms with Gasteiger partial charge in [0.2, 0.25) is 10.0 Å². The van der Waals surface area contributed by atoms with E-state index in [1.165, 1.54) is 12.1 Å². The molecule has 1 aromatic rings. The largest absolute Gasteiger partial charge is 0.399 e. The average Bonchev–Trinajstić information content (AvgIpc) is 2.34. The Hall–Kier alpha value is -0.190. The van der Waals surface area contributed by atoms with Gasteiger partial charge in [0.15, 0.2) is 0 Å². The topological polar surface area (TPSA) is 113 Å². The Labute approximate surface area is 134 Å². The second-order valence-electron chi connectivity index (χ2n) is 4.37. The fraction of sp³-hybridized carbons (Fsp3) is 0.455. The van der Waals surface area contributed by atoms with Crippen molar-refractivity contribution in [2.24, 2.45) is 0 Å². The Kier molecular flexibility index (Phi) is 6.00. The molecule has 0 atom stereocenters. The summed E-state index contributed by atoms with van der Waals surface area (Å²) >= 11 is 6.31. The number of hydrogen-bond donors (Lipinski definition) is 4. The summed E-state index contributed by atoms with van der Waals surface area (Å²) in [7, 11) is -3.95. The van der Waals surface area contributed by atoms with Crippen LogP contribution in [0.4, 0.5) is 5.69 Å². The van der Waals surface area contributed by atoms with Gasteiger partial charge in [-0.2, -0.15) is 0 Å². The van der Waals surface area contributed by atoms with Crippen LogP contribution in [0, 0.1) is 0 Å². The first-order valence-corrected chi connectivity index (χ1v) is 8.78. The molecule has 1 rings (SSSR count). The summed E-state index contributed by atoms with van der Waals surface area (Å²) in [4.78, 5) is -0.0357. The molecule has 20 heavy (non-hydrogen) atoms. The van der Waals surface area contributed by atoms with E-state index < -0.39 is 28.8 Å². The van der Waals surface area contributed by atoms with E-state index in [0.717, 1.165) is 0 Å². The van der Waals surface area contributed by atoms with Crippen molar-refractivity contribution >= 4 is 47.6 Å². The summed E-state index contributed by atoms with van der Waals surface area (Å²) in [6.45, 7) is 0.648. The van der Waals surface area contributed by atoms with Gasteiger partial charge in [0, 0.05) is 14.6 Å². The van der Waals surface area contributed by atoms with E-state index in [1.54, 1.807) is 6.92 Å². The lowest BCUT2D eigenvalue weighted by atomic mass is 10.0. The number of nitrogens with two attached hydrogens (primary N) is 1. The first-order valence-electron chi connectivity index (χ1n) is 5.71. The van der Waals surface area contributed by atoms with Gasteiger partial charge in [0.25, 0.3) is 0 Å². The van der Waals surface area contributed by atoms with E-state index in [1.807, 2.05) is 0 Å². The number of sulfonamides is 1. The van der Waals surface area contributed by atoms with E-state index in [0.29, 0.717) is 5.69 Å². The van der Waals surface area contributed by atoms with Crippen LogP contribution in [0.5, 0.6) is 0 Å². The van der Waals surface area contributed by atoms with Crippen LogP contribution in [0.25, 0.3) is 0 Å². The molecule has 0 unspecified atom stereocenters. The number of aliphatic hydroxyl groups is 2. The van der Waals surface area contributed by atoms with Gasteiger partial charge in [-0.25, -0.2) is 13.1 Å². The predicted octanol–water partition coefficient (Wildman–Crippen LogP) is 1.21. The van der Waals surface area contributed by atoms with Gasteiger partial charge in [0.05, 0.1) is 18.8 Å². The molecule has 9 heteroatoms. The van der Waals surface area contributed by atoms with Crippen LogP contribution in [0.2, 0.25) is 0 Å². The maximum absolute atomic E-state index is 12.4. The number of rotatable bonds is 6. The van der Waals surface area contributed by atoms with Gasteiger partial charge in [-0.3, -0.25) is 0 Å². The summed E-state index contributed by atoms with van der Waals surface area (Å²) in [5.41, 5.74) is 4.71. The monoisotopic (exact) mass is 430 g/mol. The SMILES string of the molecule is CCC(CO)(CO)NS(=O)(=O)c1c(Br)cc(N)cc1Br. The normalized spacial score (nSPS) is 12.7. The standard InChI is InChI=1S/C11H16Br2N2O4S/c1-2-11(5-16,6-17)15-20(18,19)10-8(12)3-7(14)4-9(10)13/h3-4,15-17H,2,5-6,14H2,1H3. The highest BCUT2D eigenvalue weighted by atomic mass is 79.9. The molecule has 0 saturated heterocycles. The predicted molar refractivity (Wildman–Crippen MR) is 83.8 cm³/mol. The van der Waals surface area contributed by atoms with Crippen molar-refractivity contribution in [3.05, 3.63) is 21.1 Å². The number of aliphatic hydroxyl groups excluding tert-OH is 2. The van der Waals surface area contributed by atoms with E-state index in [-0.39, 0.29) is 20.3 Å². The highest BCUT2D eigenvalue weighted by Crippen LogP contribution is 2.33. The third-order valence-electron chi connectivity index (χ3n) is 2.92. The molecule has 0 aliphatic heterocycles. The van der Waals surface area contributed by atoms with Crippen LogP contribution < -0.4 is 10.5 Å². The lowest BCUT2D eigenvalue weighted by Crippen LogP contribution is -2.53. The highest BCUT2D eigenvalue weighted by Gasteiger charge is 2.34. The van der Waals surface area contributed by atoms with Gasteiger partial charge >= 0.3 is 0 Å². The van der Waals surface area contributed by atoms with Crippen molar-refractivity contribution in [3.8, 4) is 0 Å². The van der Waals surface area contributed by atoms with Gasteiger partial charge in [-0.15, -0.1) is 0 Å². The number of nitrogen functional groups attached to an aromatic ring is 1. The van der Waals surface area contributed by atoms with E-state index >= 15 is 0 Å². The molecule has 0 amide bonds. The first kappa shape index (κ1) is 17.9. The van der Waals surface area contributed by atoms with Gasteiger partial charge in [-0.05, 0) is 50.4 Å². The number of nitrogens with one attached hydrogen (secondary N) is 1. The summed E-state index contributed by atoms with van der Waals surface area (Å²) in [5.74, 6) is 0. The van der Waals surface area contributed by atoms with Crippen LogP contribution in [-0.4, -0.2) is 37.4 Å². The zero-order valence-corrected chi connectivity index (χ0v) is 14.7. The van der Waals surface area contributed by atoms with Crippen molar-refractivity contribution in [1.82, 2.24) is 4.72 Å². The van der Waals surface area contributed by atoms with Crippen LogP contribution in [0.3, 0.4) is 0 Å². The fourth-order valence-corrected chi connectivity index (χ4v) is 5.66. The van der Waals surface area contributed by atoms with Crippen LogP contribution >= 0.6 is 31.9 Å². The number of halogens is 2. The summed E-state index contributed by atoms with van der Waals surface area (Å²) < 4.78 is 27.8. The quantitative estimate of drug-likeness (QED) is 0.505. The lowest BCUT2D eigenvalue weighted by Gasteiger charge is -2.29. The van der Waals surface area contributed by atoms with Crippen LogP contribution in [0.15, 0.2) is 26.0 Å². The lowest BCUT2D eigenvalue weighted by molar-refractivity contribution is 0.105. The van der Waals surface area contributed by atoms with E-state index in [2.05, 4.69) is 36.6 Å². The fourth-order valence-electron chi connectivity index (χ4n) is 1.58. The van der Waals surface area contributed by atoms with Gasteiger partial charge in [0.1, 0.15) is 4.90 Å². The van der Waals surface area contributed by atoms with Crippen molar-refractivity contribution in [1.29, 1.82) is 0 Å². The summed E-state index contributed by atoms with van der Waals surface area (Å²) in [6, 6.07) is 2.93. The van der Waals surface area contributed by atoms with Crippen molar-refractivity contribution < 1.29 is 18.6 Å². The first-order chi connectivity index (χ1) is 9.21. The van der Waals surface area contributed by atoms with Crippen molar-refractivity contribution in [2.75, 3.05) is 18.9 Å². The Morgan fingerprint density at radius 3 is 2.05 bits per heavy atom. The second kappa shape index (κ2) is 6.71. The molecule has 6 nitrogen and oxygen atoms in total. The molecule has 0 heterocycles. The number of anilines is 1. The Morgan fingerprint density at radius 1 is 1.25 bits per heavy atom. The molecule has 0 aliphatic rings. The molecule has 1 aromatic carbocycles. The minimum atomic E-state index is -3.95. The zero-order valence-electron chi connectivity index (χ0n) is 10.7. The average molecular weight is 432 g/mol. The maximum atomic E-state index is 12.4. The van der Waals surface area contributed by atoms with Crippen molar-refractivity contribution in [2.45, 2.75) is 23.8 Å². The molecule has 0 aliphatic carbocycles. The minimum absolute atomic E-state index is 0.0357. The van der Waals surface area contributed by atoms with Crippen molar-refractivity contribution in [3.63, 3.8) is 0 Å². The van der Waals surface area contributed by atoms with Crippen LogP contribution in [0.1, 0.15) is 13.3 Å². The third-order valence-corrected chi connectivity index (χ3v) is 6.38. The molecular weight excluding hydrogens is 416 g/mol. The minimum Gasteiger partial charge on any atom is -0.399 e. The molecule has 0 spiro atoms.